The number of aryl methyl sites for hydroxylation is 2. The number of nitrogens with zero attached hydrogens (tertiary/aromatic N) is 3. The van der Waals surface area contributed by atoms with E-state index in [-0.39, 0.29) is 17.6 Å². The highest BCUT2D eigenvalue weighted by molar-refractivity contribution is 5.93. The summed E-state index contributed by atoms with van der Waals surface area (Å²) in [5, 5.41) is 15.7. The molecule has 0 amide bonds. The molecule has 0 bridgehead atoms. The highest BCUT2D eigenvalue weighted by Crippen LogP contribution is 2.52. The number of hydrogen-bond acceptors (Lipinski definition) is 7. The molecule has 1 unspecified atom stereocenters. The summed E-state index contributed by atoms with van der Waals surface area (Å²) in [7, 11) is 0. The molecule has 186 valence electrons. The standard InChI is InChI=1S/C27H33N3O5/c1-14-21(15(2)35-29-14)17-12-18(23(31)20-8-9-27(33-20)10-11-27)22-19(13-17)30(24(28-22)16-6-7-16)25(32)34-26(3,4)5/h12-13,16,20,23,31H,6-11H2,1-5H3/t20-,23?/m1/s1. The van der Waals surface area contributed by atoms with Crippen LogP contribution in [-0.4, -0.2) is 43.2 Å². The predicted molar refractivity (Wildman–Crippen MR) is 129 cm³/mol. The molecule has 1 spiro atoms. The van der Waals surface area contributed by atoms with Crippen LogP contribution in [0.15, 0.2) is 16.7 Å². The first kappa shape index (κ1) is 22.7. The van der Waals surface area contributed by atoms with Crippen LogP contribution in [-0.2, 0) is 9.47 Å². The second-order valence-electron chi connectivity index (χ2n) is 11.5. The number of aliphatic hydroxyl groups excluding tert-OH is 1. The molecule has 0 radical (unpaired) electrons. The van der Waals surface area contributed by atoms with Crippen LogP contribution in [0.1, 0.15) is 94.2 Å². The van der Waals surface area contributed by atoms with Crippen LogP contribution in [0.2, 0.25) is 0 Å². The summed E-state index contributed by atoms with van der Waals surface area (Å²) < 4.78 is 19.1. The molecule has 3 aromatic rings. The molecule has 3 aliphatic rings. The quantitative estimate of drug-likeness (QED) is 0.511. The molecule has 1 aliphatic heterocycles. The SMILES string of the molecule is Cc1noc(C)c1-c1cc(C(O)[C@H]2CCC3(CC3)O2)c2nc(C3CC3)n(C(=O)OC(C)(C)C)c2c1. The summed E-state index contributed by atoms with van der Waals surface area (Å²) in [5.74, 6) is 1.59. The molecule has 1 saturated heterocycles. The summed E-state index contributed by atoms with van der Waals surface area (Å²) in [4.78, 5) is 18.4. The van der Waals surface area contributed by atoms with Crippen LogP contribution in [0, 0.1) is 13.8 Å². The van der Waals surface area contributed by atoms with Crippen molar-refractivity contribution in [1.82, 2.24) is 14.7 Å². The number of aliphatic hydroxyl groups is 1. The third kappa shape index (κ3) is 3.96. The smallest absolute Gasteiger partial charge is 0.420 e. The van der Waals surface area contributed by atoms with Crippen LogP contribution in [0.3, 0.4) is 0 Å². The number of benzene rings is 1. The minimum Gasteiger partial charge on any atom is -0.443 e. The van der Waals surface area contributed by atoms with E-state index in [0.717, 1.165) is 55.3 Å². The lowest BCUT2D eigenvalue weighted by Gasteiger charge is -2.22. The summed E-state index contributed by atoms with van der Waals surface area (Å²) >= 11 is 0. The van der Waals surface area contributed by atoms with Gasteiger partial charge in [-0.25, -0.2) is 14.3 Å². The van der Waals surface area contributed by atoms with Gasteiger partial charge in [0.05, 0.1) is 28.4 Å². The summed E-state index contributed by atoms with van der Waals surface area (Å²) in [6.07, 6.45) is 4.26. The van der Waals surface area contributed by atoms with Crippen molar-refractivity contribution in [3.05, 3.63) is 35.0 Å². The van der Waals surface area contributed by atoms with E-state index in [1.807, 2.05) is 46.8 Å². The number of carbonyl (C=O) groups excluding carboxylic acids is 1. The number of hydrogen-bond donors (Lipinski definition) is 1. The van der Waals surface area contributed by atoms with Crippen LogP contribution in [0.5, 0.6) is 0 Å². The Morgan fingerprint density at radius 3 is 2.51 bits per heavy atom. The Morgan fingerprint density at radius 1 is 1.20 bits per heavy atom. The molecule has 35 heavy (non-hydrogen) atoms. The van der Waals surface area contributed by atoms with Crippen molar-refractivity contribution in [2.75, 3.05) is 0 Å². The molecule has 8 heteroatoms. The summed E-state index contributed by atoms with van der Waals surface area (Å²) in [5.41, 5.74) is 3.68. The van der Waals surface area contributed by atoms with Crippen molar-refractivity contribution in [2.45, 2.75) is 102 Å². The zero-order valence-electron chi connectivity index (χ0n) is 21.1. The third-order valence-corrected chi connectivity index (χ3v) is 7.42. The second kappa shape index (κ2) is 7.64. The normalized spacial score (nSPS) is 22.2. The number of aromatic nitrogens is 3. The van der Waals surface area contributed by atoms with Gasteiger partial charge >= 0.3 is 6.09 Å². The van der Waals surface area contributed by atoms with Crippen molar-refractivity contribution in [1.29, 1.82) is 0 Å². The van der Waals surface area contributed by atoms with Crippen molar-refractivity contribution < 1.29 is 23.9 Å². The van der Waals surface area contributed by atoms with E-state index in [2.05, 4.69) is 5.16 Å². The topological polar surface area (TPSA) is 99.6 Å². The molecular formula is C27H33N3O5. The van der Waals surface area contributed by atoms with E-state index >= 15 is 0 Å². The lowest BCUT2D eigenvalue weighted by atomic mass is 9.95. The first-order valence-electron chi connectivity index (χ1n) is 12.6. The molecule has 1 N–H and O–H groups in total. The van der Waals surface area contributed by atoms with E-state index in [1.54, 1.807) is 4.57 Å². The third-order valence-electron chi connectivity index (χ3n) is 7.42. The summed E-state index contributed by atoms with van der Waals surface area (Å²) in [6, 6.07) is 3.91. The van der Waals surface area contributed by atoms with E-state index in [1.165, 1.54) is 0 Å². The van der Waals surface area contributed by atoms with Gasteiger partial charge in [0.25, 0.3) is 0 Å². The van der Waals surface area contributed by atoms with E-state index in [0.29, 0.717) is 28.2 Å². The van der Waals surface area contributed by atoms with Crippen molar-refractivity contribution >= 4 is 17.1 Å². The highest BCUT2D eigenvalue weighted by Gasteiger charge is 2.51. The molecule has 2 aromatic heterocycles. The number of ether oxygens (including phenoxy) is 2. The van der Waals surface area contributed by atoms with Gasteiger partial charge in [-0.15, -0.1) is 0 Å². The monoisotopic (exact) mass is 479 g/mol. The first-order chi connectivity index (χ1) is 16.6. The highest BCUT2D eigenvalue weighted by atomic mass is 16.6. The number of carbonyl (C=O) groups is 1. The van der Waals surface area contributed by atoms with Crippen LogP contribution < -0.4 is 0 Å². The molecule has 3 heterocycles. The number of rotatable bonds is 4. The van der Waals surface area contributed by atoms with Gasteiger partial charge in [0.2, 0.25) is 0 Å². The van der Waals surface area contributed by atoms with E-state index < -0.39 is 17.8 Å². The van der Waals surface area contributed by atoms with Gasteiger partial charge < -0.3 is 19.1 Å². The van der Waals surface area contributed by atoms with Gasteiger partial charge in [-0.1, -0.05) is 5.16 Å². The fourth-order valence-electron chi connectivity index (χ4n) is 5.38. The molecule has 2 atom stereocenters. The predicted octanol–water partition coefficient (Wildman–Crippen LogP) is 5.71. The maximum atomic E-state index is 13.4. The Balaban J connectivity index is 1.55. The molecule has 3 fully saturated rings. The Kier molecular flexibility index (Phi) is 4.96. The molecule has 2 saturated carbocycles. The minimum atomic E-state index is -0.855. The minimum absolute atomic E-state index is 0.0426. The molecule has 6 rings (SSSR count). The fourth-order valence-corrected chi connectivity index (χ4v) is 5.38. The first-order valence-corrected chi connectivity index (χ1v) is 12.6. The lowest BCUT2D eigenvalue weighted by molar-refractivity contribution is -0.0452. The van der Waals surface area contributed by atoms with Crippen LogP contribution >= 0.6 is 0 Å². The number of imidazole rings is 1. The van der Waals surface area contributed by atoms with Crippen molar-refractivity contribution in [3.8, 4) is 11.1 Å². The zero-order chi connectivity index (χ0) is 24.7. The Bertz CT molecular complexity index is 1300. The average Bonchev–Trinajstić information content (AvgIpc) is 3.64. The largest absolute Gasteiger partial charge is 0.443 e. The maximum absolute atomic E-state index is 13.4. The van der Waals surface area contributed by atoms with Crippen molar-refractivity contribution in [3.63, 3.8) is 0 Å². The second-order valence-corrected chi connectivity index (χ2v) is 11.5. The fraction of sp³-hybridized carbons (Fsp3) is 0.593. The zero-order valence-corrected chi connectivity index (χ0v) is 21.1. The Morgan fingerprint density at radius 2 is 1.94 bits per heavy atom. The van der Waals surface area contributed by atoms with Crippen molar-refractivity contribution in [2.24, 2.45) is 0 Å². The van der Waals surface area contributed by atoms with E-state index in [9.17, 15) is 9.90 Å². The molecule has 8 nitrogen and oxygen atoms in total. The van der Waals surface area contributed by atoms with Gasteiger partial charge in [-0.3, -0.25) is 0 Å². The number of fused-ring (bicyclic) bond motifs is 1. The Hall–Kier alpha value is -2.71. The van der Waals surface area contributed by atoms with E-state index in [4.69, 9.17) is 19.0 Å². The average molecular weight is 480 g/mol. The molecule has 2 aliphatic carbocycles. The van der Waals surface area contributed by atoms with Crippen LogP contribution in [0.25, 0.3) is 22.2 Å². The van der Waals surface area contributed by atoms with Gasteiger partial charge in [-0.2, -0.15) is 0 Å². The molecule has 1 aromatic carbocycles. The van der Waals surface area contributed by atoms with Gasteiger partial charge in [-0.05, 0) is 90.8 Å². The summed E-state index contributed by atoms with van der Waals surface area (Å²) in [6.45, 7) is 9.33. The lowest BCUT2D eigenvalue weighted by Crippen LogP contribution is -2.28. The Labute approximate surface area is 204 Å². The van der Waals surface area contributed by atoms with Gasteiger partial charge in [0.15, 0.2) is 0 Å². The molecular weight excluding hydrogens is 446 g/mol. The van der Waals surface area contributed by atoms with Gasteiger partial charge in [0.1, 0.15) is 23.3 Å². The maximum Gasteiger partial charge on any atom is 0.420 e. The van der Waals surface area contributed by atoms with Gasteiger partial charge in [0, 0.05) is 17.0 Å². The van der Waals surface area contributed by atoms with Crippen LogP contribution in [0.4, 0.5) is 4.79 Å².